The van der Waals surface area contributed by atoms with Crippen molar-refractivity contribution < 1.29 is 24.6 Å². The van der Waals surface area contributed by atoms with Crippen LogP contribution in [-0.2, 0) is 14.4 Å². The first-order chi connectivity index (χ1) is 7.34. The highest BCUT2D eigenvalue weighted by Crippen LogP contribution is 1.86. The van der Waals surface area contributed by atoms with Crippen LogP contribution in [0.5, 0.6) is 0 Å². The minimum Gasteiger partial charge on any atom is -0.481 e. The summed E-state index contributed by atoms with van der Waals surface area (Å²) in [6, 6.07) is -0.563. The van der Waals surface area contributed by atoms with Crippen LogP contribution in [0.1, 0.15) is 12.8 Å². The predicted molar refractivity (Wildman–Crippen MR) is 56.7 cm³/mol. The molecule has 1 unspecified atom stereocenters. The van der Waals surface area contributed by atoms with Crippen LogP contribution >= 0.6 is 0 Å². The van der Waals surface area contributed by atoms with Gasteiger partial charge < -0.3 is 21.7 Å². The summed E-state index contributed by atoms with van der Waals surface area (Å²) in [6.07, 6.45) is 0.586. The summed E-state index contributed by atoms with van der Waals surface area (Å²) < 4.78 is 0. The van der Waals surface area contributed by atoms with E-state index in [4.69, 9.17) is 21.7 Å². The number of nitrogens with two attached hydrogens (primary N) is 2. The smallest absolute Gasteiger partial charge is 0.303 e. The fourth-order valence-electron chi connectivity index (χ4n) is 0.481. The third-order valence-electron chi connectivity index (χ3n) is 1.37. The summed E-state index contributed by atoms with van der Waals surface area (Å²) in [5.41, 5.74) is 10.2. The van der Waals surface area contributed by atoms with Crippen molar-refractivity contribution in [2.75, 3.05) is 6.54 Å². The first-order valence-electron chi connectivity index (χ1n) is 4.40. The van der Waals surface area contributed by atoms with Crippen LogP contribution in [0.15, 0.2) is 12.7 Å². The van der Waals surface area contributed by atoms with E-state index in [9.17, 15) is 14.4 Å². The van der Waals surface area contributed by atoms with Crippen molar-refractivity contribution in [3.63, 3.8) is 0 Å². The molecule has 0 aromatic heterocycles. The van der Waals surface area contributed by atoms with Gasteiger partial charge in [0.1, 0.15) is 0 Å². The van der Waals surface area contributed by atoms with E-state index < -0.39 is 18.0 Å². The van der Waals surface area contributed by atoms with Gasteiger partial charge in [0.25, 0.3) is 0 Å². The van der Waals surface area contributed by atoms with E-state index in [-0.39, 0.29) is 25.2 Å². The van der Waals surface area contributed by atoms with E-state index in [1.165, 1.54) is 6.08 Å². The Bertz CT molecular complexity index is 251. The molecule has 16 heavy (non-hydrogen) atoms. The van der Waals surface area contributed by atoms with Crippen molar-refractivity contribution >= 4 is 17.7 Å². The van der Waals surface area contributed by atoms with Crippen molar-refractivity contribution in [3.05, 3.63) is 12.7 Å². The van der Waals surface area contributed by atoms with Crippen LogP contribution in [0.3, 0.4) is 0 Å². The van der Waals surface area contributed by atoms with Crippen LogP contribution in [0.25, 0.3) is 0 Å². The third kappa shape index (κ3) is 12.3. The SMILES string of the molecule is C=CC(=O)C(N)CN.O=C(O)CCC(=O)O. The highest BCUT2D eigenvalue weighted by molar-refractivity contribution is 5.93. The molecule has 0 heterocycles. The lowest BCUT2D eigenvalue weighted by Gasteiger charge is -2.00. The zero-order valence-electron chi connectivity index (χ0n) is 8.76. The van der Waals surface area contributed by atoms with E-state index in [1.807, 2.05) is 0 Å². The average molecular weight is 232 g/mol. The first-order valence-corrected chi connectivity index (χ1v) is 4.40. The molecule has 0 aromatic carbocycles. The van der Waals surface area contributed by atoms with Crippen molar-refractivity contribution in [2.24, 2.45) is 11.5 Å². The van der Waals surface area contributed by atoms with Gasteiger partial charge in [-0.05, 0) is 6.08 Å². The average Bonchev–Trinajstić information content (AvgIpc) is 2.25. The van der Waals surface area contributed by atoms with Gasteiger partial charge in [0.05, 0.1) is 18.9 Å². The summed E-state index contributed by atoms with van der Waals surface area (Å²) in [5.74, 6) is -2.35. The molecule has 0 spiro atoms. The summed E-state index contributed by atoms with van der Waals surface area (Å²) >= 11 is 0. The lowest BCUT2D eigenvalue weighted by molar-refractivity contribution is -0.143. The summed E-state index contributed by atoms with van der Waals surface area (Å²) in [4.78, 5) is 29.7. The Morgan fingerprint density at radius 1 is 1.19 bits per heavy atom. The molecule has 0 aliphatic heterocycles. The molecule has 0 aromatic rings. The second-order valence-electron chi connectivity index (χ2n) is 2.74. The van der Waals surface area contributed by atoms with Gasteiger partial charge in [-0.15, -0.1) is 0 Å². The molecule has 0 fully saturated rings. The molecule has 92 valence electrons. The molecule has 0 saturated carbocycles. The normalized spacial score (nSPS) is 10.6. The Morgan fingerprint density at radius 3 is 1.69 bits per heavy atom. The Hall–Kier alpha value is -1.73. The monoisotopic (exact) mass is 232 g/mol. The molecule has 0 saturated heterocycles. The Morgan fingerprint density at radius 2 is 1.56 bits per heavy atom. The molecule has 0 bridgehead atoms. The zero-order chi connectivity index (χ0) is 13.1. The number of carbonyl (C=O) groups is 3. The number of rotatable bonds is 6. The molecule has 0 radical (unpaired) electrons. The second-order valence-corrected chi connectivity index (χ2v) is 2.74. The lowest BCUT2D eigenvalue weighted by atomic mass is 10.2. The van der Waals surface area contributed by atoms with Crippen LogP contribution in [0, 0.1) is 0 Å². The maximum atomic E-state index is 10.4. The van der Waals surface area contributed by atoms with Gasteiger partial charge in [-0.3, -0.25) is 14.4 Å². The van der Waals surface area contributed by atoms with Crippen molar-refractivity contribution in [1.82, 2.24) is 0 Å². The standard InChI is InChI=1S/C5H10N2O.C4H6O4/c1-2-5(8)4(7)3-6;5-3(6)1-2-4(7)8/h2,4H,1,3,6-7H2;1-2H2,(H,5,6)(H,7,8). The number of ketones is 1. The molecule has 7 heteroatoms. The Balaban J connectivity index is 0. The molecule has 0 rings (SSSR count). The lowest BCUT2D eigenvalue weighted by Crippen LogP contribution is -2.36. The maximum Gasteiger partial charge on any atom is 0.303 e. The van der Waals surface area contributed by atoms with Crippen molar-refractivity contribution in [1.29, 1.82) is 0 Å². The summed E-state index contributed by atoms with van der Waals surface area (Å²) in [5, 5.41) is 15.8. The number of hydrogen-bond acceptors (Lipinski definition) is 5. The van der Waals surface area contributed by atoms with E-state index >= 15 is 0 Å². The first kappa shape index (κ1) is 16.7. The number of hydrogen-bond donors (Lipinski definition) is 4. The van der Waals surface area contributed by atoms with Crippen LogP contribution in [-0.4, -0.2) is 40.5 Å². The van der Waals surface area contributed by atoms with Crippen LogP contribution < -0.4 is 11.5 Å². The van der Waals surface area contributed by atoms with Crippen molar-refractivity contribution in [3.8, 4) is 0 Å². The largest absolute Gasteiger partial charge is 0.481 e. The molecular weight excluding hydrogens is 216 g/mol. The molecule has 0 aliphatic rings. The molecule has 0 amide bonds. The van der Waals surface area contributed by atoms with Gasteiger partial charge in [-0.2, -0.15) is 0 Å². The van der Waals surface area contributed by atoms with Gasteiger partial charge in [0, 0.05) is 6.54 Å². The zero-order valence-corrected chi connectivity index (χ0v) is 8.76. The van der Waals surface area contributed by atoms with E-state index in [0.717, 1.165) is 0 Å². The fourth-order valence-corrected chi connectivity index (χ4v) is 0.481. The van der Waals surface area contributed by atoms with E-state index in [2.05, 4.69) is 6.58 Å². The molecule has 1 atom stereocenters. The number of aliphatic carboxylic acids is 2. The molecule has 0 aliphatic carbocycles. The second kappa shape index (κ2) is 9.81. The van der Waals surface area contributed by atoms with Gasteiger partial charge in [0.2, 0.25) is 0 Å². The highest BCUT2D eigenvalue weighted by atomic mass is 16.4. The van der Waals surface area contributed by atoms with Gasteiger partial charge in [-0.1, -0.05) is 6.58 Å². The minimum absolute atomic E-state index is 0.185. The minimum atomic E-state index is -1.08. The molecular formula is C9H16N2O5. The Kier molecular flexibility index (Phi) is 10.2. The topological polar surface area (TPSA) is 144 Å². The van der Waals surface area contributed by atoms with Crippen molar-refractivity contribution in [2.45, 2.75) is 18.9 Å². The predicted octanol–water partition coefficient (Wildman–Crippen LogP) is -1.04. The van der Waals surface area contributed by atoms with Gasteiger partial charge in [-0.25, -0.2) is 0 Å². The number of carbonyl (C=O) groups excluding carboxylic acids is 1. The Labute approximate surface area is 92.7 Å². The highest BCUT2D eigenvalue weighted by Gasteiger charge is 2.04. The molecule has 7 nitrogen and oxygen atoms in total. The number of carboxylic acids is 2. The number of carboxylic acid groups (broad SMARTS) is 2. The molecule has 6 N–H and O–H groups in total. The van der Waals surface area contributed by atoms with Gasteiger partial charge in [0.15, 0.2) is 5.78 Å². The third-order valence-corrected chi connectivity index (χ3v) is 1.37. The van der Waals surface area contributed by atoms with Gasteiger partial charge >= 0.3 is 11.9 Å². The van der Waals surface area contributed by atoms with E-state index in [1.54, 1.807) is 0 Å². The van der Waals surface area contributed by atoms with E-state index in [0.29, 0.717) is 0 Å². The quantitative estimate of drug-likeness (QED) is 0.428. The summed E-state index contributed by atoms with van der Waals surface area (Å²) in [6.45, 7) is 3.43. The van der Waals surface area contributed by atoms with Crippen LogP contribution in [0.2, 0.25) is 0 Å². The maximum absolute atomic E-state index is 10.4. The fraction of sp³-hybridized carbons (Fsp3) is 0.444. The van der Waals surface area contributed by atoms with Crippen LogP contribution in [0.4, 0.5) is 0 Å². The summed E-state index contributed by atoms with van der Waals surface area (Å²) in [7, 11) is 0.